The zero-order valence-corrected chi connectivity index (χ0v) is 16.9. The third-order valence-electron chi connectivity index (χ3n) is 4.36. The van der Waals surface area contributed by atoms with E-state index in [4.69, 9.17) is 27.9 Å². The Morgan fingerprint density at radius 3 is 2.70 bits per heavy atom. The second-order valence-corrected chi connectivity index (χ2v) is 7.31. The number of amides is 2. The molecular formula is C19H15Cl2N3O6. The molecule has 1 aliphatic heterocycles. The number of nitrogens with zero attached hydrogens (tertiary/aromatic N) is 2. The first-order valence-electron chi connectivity index (χ1n) is 8.71. The summed E-state index contributed by atoms with van der Waals surface area (Å²) in [5.41, 5.74) is 0.471. The van der Waals surface area contributed by atoms with E-state index in [1.165, 1.54) is 35.2 Å². The molecule has 1 atom stereocenters. The quantitative estimate of drug-likeness (QED) is 0.408. The highest BCUT2D eigenvalue weighted by Gasteiger charge is 2.36. The van der Waals surface area contributed by atoms with Crippen LogP contribution in [0.4, 0.5) is 17.1 Å². The maximum atomic E-state index is 12.3. The predicted octanol–water partition coefficient (Wildman–Crippen LogP) is 3.44. The smallest absolute Gasteiger partial charge is 0.311 e. The summed E-state index contributed by atoms with van der Waals surface area (Å²) >= 11 is 11.8. The molecule has 2 aromatic carbocycles. The van der Waals surface area contributed by atoms with E-state index in [0.29, 0.717) is 16.4 Å². The van der Waals surface area contributed by atoms with Gasteiger partial charge in [0.2, 0.25) is 5.91 Å². The summed E-state index contributed by atoms with van der Waals surface area (Å²) in [4.78, 5) is 48.2. The van der Waals surface area contributed by atoms with Gasteiger partial charge < -0.3 is 15.0 Å². The van der Waals surface area contributed by atoms with Crippen molar-refractivity contribution in [2.24, 2.45) is 5.92 Å². The zero-order chi connectivity index (χ0) is 21.8. The van der Waals surface area contributed by atoms with Crippen molar-refractivity contribution in [1.29, 1.82) is 0 Å². The van der Waals surface area contributed by atoms with E-state index in [0.717, 1.165) is 0 Å². The summed E-state index contributed by atoms with van der Waals surface area (Å²) in [7, 11) is 0. The van der Waals surface area contributed by atoms with Crippen molar-refractivity contribution in [3.05, 3.63) is 62.6 Å². The third kappa shape index (κ3) is 5.05. The van der Waals surface area contributed by atoms with Crippen molar-refractivity contribution in [2.45, 2.75) is 6.42 Å². The van der Waals surface area contributed by atoms with E-state index >= 15 is 0 Å². The van der Waals surface area contributed by atoms with Crippen LogP contribution in [0.15, 0.2) is 42.5 Å². The van der Waals surface area contributed by atoms with Crippen LogP contribution < -0.4 is 10.2 Å². The molecule has 156 valence electrons. The molecule has 30 heavy (non-hydrogen) atoms. The molecule has 1 N–H and O–H groups in total. The number of rotatable bonds is 6. The first kappa shape index (κ1) is 21.5. The van der Waals surface area contributed by atoms with Crippen LogP contribution in [0.3, 0.4) is 0 Å². The molecule has 0 radical (unpaired) electrons. The molecule has 0 spiro atoms. The van der Waals surface area contributed by atoms with Crippen molar-refractivity contribution in [1.82, 2.24) is 0 Å². The van der Waals surface area contributed by atoms with E-state index in [1.54, 1.807) is 12.1 Å². The highest BCUT2D eigenvalue weighted by atomic mass is 35.5. The van der Waals surface area contributed by atoms with Gasteiger partial charge in [0, 0.05) is 30.1 Å². The monoisotopic (exact) mass is 451 g/mol. The first-order chi connectivity index (χ1) is 14.2. The summed E-state index contributed by atoms with van der Waals surface area (Å²) < 4.78 is 5.01. The molecule has 1 saturated heterocycles. The number of benzene rings is 2. The maximum absolute atomic E-state index is 12.3. The standard InChI is InChI=1S/C19H15Cl2N3O6/c20-12-4-5-16(15(21)7-12)22-17(25)10-30-19(27)11-6-18(26)23(9-11)13-2-1-3-14(8-13)24(28)29/h1-5,7-8,11H,6,9-10H2,(H,22,25)/t11-/m1/s1. The average molecular weight is 452 g/mol. The van der Waals surface area contributed by atoms with Gasteiger partial charge in [0.1, 0.15) is 0 Å². The highest BCUT2D eigenvalue weighted by molar-refractivity contribution is 6.36. The summed E-state index contributed by atoms with van der Waals surface area (Å²) in [5.74, 6) is -2.47. The normalized spacial score (nSPS) is 15.7. The Balaban J connectivity index is 1.56. The molecule has 0 unspecified atom stereocenters. The molecule has 3 rings (SSSR count). The van der Waals surface area contributed by atoms with Crippen molar-refractivity contribution in [3.63, 3.8) is 0 Å². The fourth-order valence-corrected chi connectivity index (χ4v) is 3.38. The Kier molecular flexibility index (Phi) is 6.53. The molecule has 0 aromatic heterocycles. The Bertz CT molecular complexity index is 1030. The summed E-state index contributed by atoms with van der Waals surface area (Å²) in [5, 5.41) is 14.0. The van der Waals surface area contributed by atoms with Gasteiger partial charge in [-0.1, -0.05) is 29.3 Å². The number of halogens is 2. The molecule has 0 aliphatic carbocycles. The van der Waals surface area contributed by atoms with Gasteiger partial charge in [-0.2, -0.15) is 0 Å². The zero-order valence-electron chi connectivity index (χ0n) is 15.3. The number of carbonyl (C=O) groups excluding carboxylic acids is 3. The second kappa shape index (κ2) is 9.10. The Morgan fingerprint density at radius 1 is 1.23 bits per heavy atom. The lowest BCUT2D eigenvalue weighted by atomic mass is 10.1. The number of carbonyl (C=O) groups is 3. The summed E-state index contributed by atoms with van der Waals surface area (Å²) in [6.07, 6.45) is -0.119. The van der Waals surface area contributed by atoms with Gasteiger partial charge in [-0.3, -0.25) is 24.5 Å². The minimum Gasteiger partial charge on any atom is -0.455 e. The third-order valence-corrected chi connectivity index (χ3v) is 4.91. The molecule has 9 nitrogen and oxygen atoms in total. The first-order valence-corrected chi connectivity index (χ1v) is 9.46. The molecule has 1 heterocycles. The number of hydrogen-bond donors (Lipinski definition) is 1. The second-order valence-electron chi connectivity index (χ2n) is 6.46. The lowest BCUT2D eigenvalue weighted by Gasteiger charge is -2.16. The van der Waals surface area contributed by atoms with Gasteiger partial charge in [0.05, 0.1) is 27.2 Å². The molecule has 1 aliphatic rings. The number of nitro benzene ring substituents is 1. The summed E-state index contributed by atoms with van der Waals surface area (Å²) in [6, 6.07) is 10.1. The number of esters is 1. The van der Waals surface area contributed by atoms with Crippen molar-refractivity contribution >= 4 is 58.0 Å². The Labute approximate surface area is 180 Å². The summed E-state index contributed by atoms with van der Waals surface area (Å²) in [6.45, 7) is -0.553. The van der Waals surface area contributed by atoms with E-state index < -0.39 is 29.3 Å². The van der Waals surface area contributed by atoms with Gasteiger partial charge in [0.15, 0.2) is 6.61 Å². The van der Waals surface area contributed by atoms with Crippen LogP contribution >= 0.6 is 23.2 Å². The van der Waals surface area contributed by atoms with Crippen LogP contribution in [0.1, 0.15) is 6.42 Å². The van der Waals surface area contributed by atoms with Gasteiger partial charge in [-0.05, 0) is 24.3 Å². The predicted molar refractivity (Wildman–Crippen MR) is 110 cm³/mol. The molecule has 1 fully saturated rings. The lowest BCUT2D eigenvalue weighted by molar-refractivity contribution is -0.384. The highest BCUT2D eigenvalue weighted by Crippen LogP contribution is 2.29. The van der Waals surface area contributed by atoms with Gasteiger partial charge >= 0.3 is 5.97 Å². The van der Waals surface area contributed by atoms with Crippen LogP contribution in [-0.4, -0.2) is 35.9 Å². The number of nitrogens with one attached hydrogen (secondary N) is 1. The lowest BCUT2D eigenvalue weighted by Crippen LogP contribution is -2.28. The van der Waals surface area contributed by atoms with Gasteiger partial charge in [-0.15, -0.1) is 0 Å². The number of nitro groups is 1. The van der Waals surface area contributed by atoms with Crippen molar-refractivity contribution in [3.8, 4) is 0 Å². The minimum absolute atomic E-state index is 0.00344. The van der Waals surface area contributed by atoms with E-state index in [9.17, 15) is 24.5 Å². The van der Waals surface area contributed by atoms with Crippen LogP contribution in [0.5, 0.6) is 0 Å². The van der Waals surface area contributed by atoms with E-state index in [1.807, 2.05) is 0 Å². The fourth-order valence-electron chi connectivity index (χ4n) is 2.92. The molecular weight excluding hydrogens is 437 g/mol. The molecule has 0 bridgehead atoms. The van der Waals surface area contributed by atoms with Crippen molar-refractivity contribution in [2.75, 3.05) is 23.4 Å². The Hall–Kier alpha value is -3.17. The molecule has 0 saturated carbocycles. The number of ether oxygens (including phenoxy) is 1. The SMILES string of the molecule is O=C(COC(=O)[C@@H]1CC(=O)N(c2cccc([N+](=O)[O-])c2)C1)Nc1ccc(Cl)cc1Cl. The average Bonchev–Trinajstić information content (AvgIpc) is 3.10. The van der Waals surface area contributed by atoms with Crippen LogP contribution in [0.2, 0.25) is 10.0 Å². The fraction of sp³-hybridized carbons (Fsp3) is 0.211. The molecule has 2 amide bonds. The minimum atomic E-state index is -0.788. The van der Waals surface area contributed by atoms with Crippen LogP contribution in [-0.2, 0) is 19.1 Å². The molecule has 11 heteroatoms. The topological polar surface area (TPSA) is 119 Å². The van der Waals surface area contributed by atoms with E-state index in [-0.39, 0.29) is 29.6 Å². The van der Waals surface area contributed by atoms with Crippen LogP contribution in [0.25, 0.3) is 0 Å². The number of hydrogen-bond acceptors (Lipinski definition) is 6. The van der Waals surface area contributed by atoms with E-state index in [2.05, 4.69) is 5.32 Å². The van der Waals surface area contributed by atoms with Gasteiger partial charge in [-0.25, -0.2) is 0 Å². The number of non-ortho nitro benzene ring substituents is 1. The van der Waals surface area contributed by atoms with Crippen molar-refractivity contribution < 1.29 is 24.0 Å². The largest absolute Gasteiger partial charge is 0.455 e. The molecule has 2 aromatic rings. The van der Waals surface area contributed by atoms with Gasteiger partial charge in [0.25, 0.3) is 11.6 Å². The Morgan fingerprint density at radius 2 is 2.00 bits per heavy atom. The van der Waals surface area contributed by atoms with Crippen LogP contribution in [0, 0.1) is 16.0 Å². The maximum Gasteiger partial charge on any atom is 0.311 e. The number of anilines is 2.